The van der Waals surface area contributed by atoms with Gasteiger partial charge in [0.15, 0.2) is 5.82 Å². The Labute approximate surface area is 100 Å². The maximum Gasteiger partial charge on any atom is 0.164 e. The van der Waals surface area contributed by atoms with E-state index in [4.69, 9.17) is 5.73 Å². The number of fused-ring (bicyclic) bond motifs is 1. The smallest absolute Gasteiger partial charge is 0.164 e. The molecular formula is C13H16N4. The zero-order valence-corrected chi connectivity index (χ0v) is 9.93. The SMILES string of the molecule is CC1CCCc2nnc(-c3cccc(N)c3)n21. The number of hydrogen-bond acceptors (Lipinski definition) is 3. The van der Waals surface area contributed by atoms with E-state index in [0.717, 1.165) is 29.3 Å². The van der Waals surface area contributed by atoms with Crippen LogP contribution in [0.1, 0.15) is 31.6 Å². The summed E-state index contributed by atoms with van der Waals surface area (Å²) in [6.07, 6.45) is 3.43. The van der Waals surface area contributed by atoms with Crippen molar-refractivity contribution in [2.45, 2.75) is 32.2 Å². The first-order chi connectivity index (χ1) is 8.25. The third-order valence-corrected chi connectivity index (χ3v) is 3.37. The summed E-state index contributed by atoms with van der Waals surface area (Å²) in [6.45, 7) is 2.22. The molecule has 0 spiro atoms. The summed E-state index contributed by atoms with van der Waals surface area (Å²) in [5.74, 6) is 2.04. The van der Waals surface area contributed by atoms with Gasteiger partial charge < -0.3 is 10.3 Å². The molecule has 0 bridgehead atoms. The lowest BCUT2D eigenvalue weighted by molar-refractivity contribution is 0.429. The molecule has 1 aliphatic heterocycles. The van der Waals surface area contributed by atoms with E-state index in [0.29, 0.717) is 6.04 Å². The van der Waals surface area contributed by atoms with E-state index < -0.39 is 0 Å². The van der Waals surface area contributed by atoms with Crippen LogP contribution in [-0.2, 0) is 6.42 Å². The number of nitrogens with zero attached hydrogens (tertiary/aromatic N) is 3. The number of benzene rings is 1. The molecule has 1 aliphatic rings. The summed E-state index contributed by atoms with van der Waals surface area (Å²) in [7, 11) is 0. The summed E-state index contributed by atoms with van der Waals surface area (Å²) < 4.78 is 2.25. The Kier molecular flexibility index (Phi) is 2.35. The Morgan fingerprint density at radius 3 is 3.06 bits per heavy atom. The highest BCUT2D eigenvalue weighted by Crippen LogP contribution is 2.30. The summed E-state index contributed by atoms with van der Waals surface area (Å²) in [4.78, 5) is 0. The van der Waals surface area contributed by atoms with E-state index in [1.807, 2.05) is 24.3 Å². The maximum absolute atomic E-state index is 5.82. The Bertz CT molecular complexity index is 544. The first-order valence-electron chi connectivity index (χ1n) is 6.05. The third-order valence-electron chi connectivity index (χ3n) is 3.37. The van der Waals surface area contributed by atoms with Gasteiger partial charge >= 0.3 is 0 Å². The van der Waals surface area contributed by atoms with Gasteiger partial charge in [-0.15, -0.1) is 10.2 Å². The van der Waals surface area contributed by atoms with Gasteiger partial charge in [0, 0.05) is 23.7 Å². The van der Waals surface area contributed by atoms with Gasteiger partial charge in [-0.05, 0) is 31.9 Å². The number of nitrogens with two attached hydrogens (primary N) is 1. The second kappa shape index (κ2) is 3.87. The predicted molar refractivity (Wildman–Crippen MR) is 67.5 cm³/mol. The van der Waals surface area contributed by atoms with Crippen molar-refractivity contribution in [3.63, 3.8) is 0 Å². The highest BCUT2D eigenvalue weighted by molar-refractivity contribution is 5.61. The van der Waals surface area contributed by atoms with Gasteiger partial charge in [0.2, 0.25) is 0 Å². The van der Waals surface area contributed by atoms with Crippen molar-refractivity contribution < 1.29 is 0 Å². The van der Waals surface area contributed by atoms with Crippen LogP contribution in [0.3, 0.4) is 0 Å². The average Bonchev–Trinajstić information content (AvgIpc) is 2.74. The highest BCUT2D eigenvalue weighted by Gasteiger charge is 2.22. The molecule has 17 heavy (non-hydrogen) atoms. The minimum absolute atomic E-state index is 0.477. The highest BCUT2D eigenvalue weighted by atomic mass is 15.3. The van der Waals surface area contributed by atoms with Crippen molar-refractivity contribution >= 4 is 5.69 Å². The van der Waals surface area contributed by atoms with Crippen LogP contribution in [0.4, 0.5) is 5.69 Å². The lowest BCUT2D eigenvalue weighted by Gasteiger charge is -2.22. The molecule has 2 aromatic rings. The van der Waals surface area contributed by atoms with Crippen LogP contribution in [0.15, 0.2) is 24.3 Å². The van der Waals surface area contributed by atoms with E-state index in [1.54, 1.807) is 0 Å². The molecule has 2 heterocycles. The summed E-state index contributed by atoms with van der Waals surface area (Å²) in [6, 6.07) is 8.32. The normalized spacial score (nSPS) is 19.0. The molecule has 4 nitrogen and oxygen atoms in total. The molecule has 0 saturated carbocycles. The van der Waals surface area contributed by atoms with Crippen LogP contribution < -0.4 is 5.73 Å². The minimum atomic E-state index is 0.477. The molecule has 2 N–H and O–H groups in total. The summed E-state index contributed by atoms with van der Waals surface area (Å²) >= 11 is 0. The van der Waals surface area contributed by atoms with Gasteiger partial charge in [-0.25, -0.2) is 0 Å². The van der Waals surface area contributed by atoms with Gasteiger partial charge in [0.1, 0.15) is 5.82 Å². The number of aryl methyl sites for hydroxylation is 1. The van der Waals surface area contributed by atoms with Gasteiger partial charge in [-0.1, -0.05) is 12.1 Å². The van der Waals surface area contributed by atoms with Crippen molar-refractivity contribution in [3.05, 3.63) is 30.1 Å². The van der Waals surface area contributed by atoms with Crippen molar-refractivity contribution in [2.24, 2.45) is 0 Å². The lowest BCUT2D eigenvalue weighted by Crippen LogP contribution is -2.16. The second-order valence-electron chi connectivity index (χ2n) is 4.68. The van der Waals surface area contributed by atoms with Crippen LogP contribution in [0.25, 0.3) is 11.4 Å². The minimum Gasteiger partial charge on any atom is -0.399 e. The maximum atomic E-state index is 5.82. The number of hydrogen-bond donors (Lipinski definition) is 1. The molecule has 0 aliphatic carbocycles. The van der Waals surface area contributed by atoms with Crippen LogP contribution in [0, 0.1) is 0 Å². The largest absolute Gasteiger partial charge is 0.399 e. The molecule has 3 rings (SSSR count). The predicted octanol–water partition coefficient (Wildman–Crippen LogP) is 2.42. The summed E-state index contributed by atoms with van der Waals surface area (Å²) in [5.41, 5.74) is 7.64. The van der Waals surface area contributed by atoms with E-state index in [1.165, 1.54) is 12.8 Å². The molecule has 88 valence electrons. The Balaban J connectivity index is 2.13. The van der Waals surface area contributed by atoms with E-state index in [2.05, 4.69) is 21.7 Å². The quantitative estimate of drug-likeness (QED) is 0.763. The van der Waals surface area contributed by atoms with Crippen LogP contribution in [-0.4, -0.2) is 14.8 Å². The van der Waals surface area contributed by atoms with Gasteiger partial charge in [0.25, 0.3) is 0 Å². The van der Waals surface area contributed by atoms with Crippen molar-refractivity contribution in [3.8, 4) is 11.4 Å². The fraction of sp³-hybridized carbons (Fsp3) is 0.385. The van der Waals surface area contributed by atoms with Crippen molar-refractivity contribution in [1.82, 2.24) is 14.8 Å². The lowest BCUT2D eigenvalue weighted by atomic mass is 10.1. The standard InChI is InChI=1S/C13H16N4/c1-9-4-2-7-12-15-16-13(17(9)12)10-5-3-6-11(14)8-10/h3,5-6,8-9H,2,4,7,14H2,1H3. The molecule has 1 aromatic carbocycles. The van der Waals surface area contributed by atoms with Crippen LogP contribution >= 0.6 is 0 Å². The molecule has 0 amide bonds. The second-order valence-corrected chi connectivity index (χ2v) is 4.68. The Morgan fingerprint density at radius 2 is 2.24 bits per heavy atom. The van der Waals surface area contributed by atoms with Crippen LogP contribution in [0.2, 0.25) is 0 Å². The molecule has 0 saturated heterocycles. The topological polar surface area (TPSA) is 56.7 Å². The molecular weight excluding hydrogens is 212 g/mol. The third kappa shape index (κ3) is 1.69. The van der Waals surface area contributed by atoms with Gasteiger partial charge in [-0.3, -0.25) is 0 Å². The number of aromatic nitrogens is 3. The van der Waals surface area contributed by atoms with E-state index >= 15 is 0 Å². The van der Waals surface area contributed by atoms with Gasteiger partial charge in [0.05, 0.1) is 0 Å². The monoisotopic (exact) mass is 228 g/mol. The fourth-order valence-corrected chi connectivity index (χ4v) is 2.52. The Morgan fingerprint density at radius 1 is 1.35 bits per heavy atom. The fourth-order valence-electron chi connectivity index (χ4n) is 2.52. The molecule has 1 aromatic heterocycles. The zero-order valence-electron chi connectivity index (χ0n) is 9.93. The molecule has 4 heteroatoms. The molecule has 0 fully saturated rings. The number of nitrogen functional groups attached to an aromatic ring is 1. The van der Waals surface area contributed by atoms with Crippen LogP contribution in [0.5, 0.6) is 0 Å². The van der Waals surface area contributed by atoms with E-state index in [9.17, 15) is 0 Å². The number of rotatable bonds is 1. The van der Waals surface area contributed by atoms with Crippen molar-refractivity contribution in [1.29, 1.82) is 0 Å². The molecule has 0 radical (unpaired) electrons. The first-order valence-corrected chi connectivity index (χ1v) is 6.05. The van der Waals surface area contributed by atoms with E-state index in [-0.39, 0.29) is 0 Å². The first kappa shape index (κ1) is 10.3. The number of anilines is 1. The Hall–Kier alpha value is -1.84. The van der Waals surface area contributed by atoms with Crippen molar-refractivity contribution in [2.75, 3.05) is 5.73 Å². The zero-order chi connectivity index (χ0) is 11.8. The molecule has 1 atom stereocenters. The van der Waals surface area contributed by atoms with Gasteiger partial charge in [-0.2, -0.15) is 0 Å². The molecule has 1 unspecified atom stereocenters. The summed E-state index contributed by atoms with van der Waals surface area (Å²) in [5, 5.41) is 8.60. The average molecular weight is 228 g/mol.